The largest absolute Gasteiger partial charge is 0.117 e. The predicted octanol–water partition coefficient (Wildman–Crippen LogP) is 5.59. The molecule has 0 amide bonds. The van der Waals surface area contributed by atoms with Gasteiger partial charge in [0.1, 0.15) is 0 Å². The average Bonchev–Trinajstić information content (AvgIpc) is 2.30. The van der Waals surface area contributed by atoms with Gasteiger partial charge in [0.05, 0.1) is 5.38 Å². The van der Waals surface area contributed by atoms with Crippen LogP contribution in [-0.4, -0.2) is 0 Å². The van der Waals surface area contributed by atoms with E-state index in [9.17, 15) is 0 Å². The molecule has 0 spiro atoms. The number of halogens is 2. The summed E-state index contributed by atoms with van der Waals surface area (Å²) >= 11 is 12.5. The molecular weight excluding hydrogens is 239 g/mol. The lowest BCUT2D eigenvalue weighted by atomic mass is 9.71. The lowest BCUT2D eigenvalue weighted by Crippen LogP contribution is -2.25. The van der Waals surface area contributed by atoms with E-state index in [1.165, 1.54) is 37.7 Å². The molecule has 1 aliphatic rings. The lowest BCUT2D eigenvalue weighted by molar-refractivity contribution is 0.206. The third kappa shape index (κ3) is 2.55. The summed E-state index contributed by atoms with van der Waals surface area (Å²) in [6.07, 6.45) is 6.47. The van der Waals surface area contributed by atoms with Gasteiger partial charge in [0, 0.05) is 5.02 Å². The van der Waals surface area contributed by atoms with Gasteiger partial charge in [-0.1, -0.05) is 49.9 Å². The van der Waals surface area contributed by atoms with Crippen LogP contribution in [0.4, 0.5) is 0 Å². The molecule has 0 bridgehead atoms. The van der Waals surface area contributed by atoms with E-state index in [2.05, 4.69) is 19.1 Å². The van der Waals surface area contributed by atoms with Gasteiger partial charge in [0.15, 0.2) is 0 Å². The van der Waals surface area contributed by atoms with Crippen molar-refractivity contribution in [1.82, 2.24) is 0 Å². The summed E-state index contributed by atoms with van der Waals surface area (Å²) in [5, 5.41) is 0.895. The van der Waals surface area contributed by atoms with E-state index < -0.39 is 0 Å². The normalized spacial score (nSPS) is 21.7. The maximum absolute atomic E-state index is 6.64. The summed E-state index contributed by atoms with van der Waals surface area (Å²) in [7, 11) is 0. The second kappa shape index (κ2) is 4.98. The second-order valence-corrected chi connectivity index (χ2v) is 6.00. The van der Waals surface area contributed by atoms with E-state index in [0.717, 1.165) is 5.02 Å². The zero-order valence-electron chi connectivity index (χ0n) is 9.68. The van der Waals surface area contributed by atoms with Crippen molar-refractivity contribution in [2.75, 3.05) is 0 Å². The van der Waals surface area contributed by atoms with E-state index in [4.69, 9.17) is 23.2 Å². The fourth-order valence-electron chi connectivity index (χ4n) is 2.65. The van der Waals surface area contributed by atoms with Crippen LogP contribution < -0.4 is 0 Å². The molecule has 0 heterocycles. The van der Waals surface area contributed by atoms with Crippen LogP contribution in [0.1, 0.15) is 50.0 Å². The lowest BCUT2D eigenvalue weighted by Gasteiger charge is -2.37. The van der Waals surface area contributed by atoms with Crippen molar-refractivity contribution in [2.45, 2.75) is 44.4 Å². The maximum Gasteiger partial charge on any atom is 0.0638 e. The van der Waals surface area contributed by atoms with Gasteiger partial charge in [-0.05, 0) is 36.0 Å². The van der Waals surface area contributed by atoms with Crippen LogP contribution in [0, 0.1) is 5.41 Å². The highest BCUT2D eigenvalue weighted by Crippen LogP contribution is 2.49. The van der Waals surface area contributed by atoms with Crippen LogP contribution in [0.25, 0.3) is 0 Å². The number of rotatable bonds is 2. The van der Waals surface area contributed by atoms with Crippen molar-refractivity contribution in [2.24, 2.45) is 5.41 Å². The average molecular weight is 257 g/mol. The molecule has 1 aliphatic carbocycles. The first-order valence-corrected chi connectivity index (χ1v) is 6.83. The molecule has 0 aromatic heterocycles. The van der Waals surface area contributed by atoms with Crippen molar-refractivity contribution in [3.05, 3.63) is 34.9 Å². The smallest absolute Gasteiger partial charge is 0.0638 e. The minimum Gasteiger partial charge on any atom is -0.117 e. The molecule has 1 saturated carbocycles. The molecule has 1 fully saturated rings. The third-order valence-electron chi connectivity index (χ3n) is 3.77. The van der Waals surface area contributed by atoms with Gasteiger partial charge < -0.3 is 0 Å². The molecule has 0 aliphatic heterocycles. The topological polar surface area (TPSA) is 0 Å². The molecule has 0 N–H and O–H groups in total. The quantitative estimate of drug-likeness (QED) is 0.606. The van der Waals surface area contributed by atoms with E-state index in [1.807, 2.05) is 12.1 Å². The van der Waals surface area contributed by atoms with E-state index >= 15 is 0 Å². The van der Waals surface area contributed by atoms with Crippen LogP contribution in [0.15, 0.2) is 24.3 Å². The molecule has 88 valence electrons. The van der Waals surface area contributed by atoms with Crippen LogP contribution in [-0.2, 0) is 0 Å². The van der Waals surface area contributed by atoms with Crippen molar-refractivity contribution in [1.29, 1.82) is 0 Å². The van der Waals surface area contributed by atoms with Crippen LogP contribution >= 0.6 is 23.2 Å². The van der Waals surface area contributed by atoms with Gasteiger partial charge in [-0.2, -0.15) is 0 Å². The summed E-state index contributed by atoms with van der Waals surface area (Å²) < 4.78 is 0. The molecular formula is C14H18Cl2. The Balaban J connectivity index is 2.16. The number of hydrogen-bond donors (Lipinski definition) is 0. The highest BCUT2D eigenvalue weighted by atomic mass is 35.5. The van der Waals surface area contributed by atoms with Gasteiger partial charge in [-0.3, -0.25) is 0 Å². The highest BCUT2D eigenvalue weighted by molar-refractivity contribution is 6.30. The highest BCUT2D eigenvalue weighted by Gasteiger charge is 2.34. The fourth-order valence-corrected chi connectivity index (χ4v) is 3.14. The minimum absolute atomic E-state index is 0.116. The van der Waals surface area contributed by atoms with Crippen molar-refractivity contribution >= 4 is 23.2 Å². The summed E-state index contributed by atoms with van der Waals surface area (Å²) in [5.41, 5.74) is 1.46. The Morgan fingerprint density at radius 2 is 1.62 bits per heavy atom. The third-order valence-corrected chi connectivity index (χ3v) is 4.80. The maximum atomic E-state index is 6.64. The zero-order valence-corrected chi connectivity index (χ0v) is 11.2. The van der Waals surface area contributed by atoms with E-state index in [0.29, 0.717) is 0 Å². The van der Waals surface area contributed by atoms with Crippen LogP contribution in [0.3, 0.4) is 0 Å². The molecule has 2 heteroatoms. The van der Waals surface area contributed by atoms with Crippen LogP contribution in [0.2, 0.25) is 5.02 Å². The Kier molecular flexibility index (Phi) is 3.81. The van der Waals surface area contributed by atoms with Gasteiger partial charge in [0.25, 0.3) is 0 Å². The minimum atomic E-state index is 0.116. The Labute approximate surface area is 108 Å². The zero-order chi connectivity index (χ0) is 11.6. The van der Waals surface area contributed by atoms with E-state index in [-0.39, 0.29) is 10.8 Å². The Morgan fingerprint density at radius 3 is 2.19 bits per heavy atom. The molecule has 1 aromatic rings. The Morgan fingerprint density at radius 1 is 1.06 bits per heavy atom. The molecule has 2 rings (SSSR count). The number of benzene rings is 1. The van der Waals surface area contributed by atoms with Crippen molar-refractivity contribution in [3.8, 4) is 0 Å². The fraction of sp³-hybridized carbons (Fsp3) is 0.571. The molecule has 1 atom stereocenters. The molecule has 0 nitrogen and oxygen atoms in total. The van der Waals surface area contributed by atoms with Crippen molar-refractivity contribution < 1.29 is 0 Å². The monoisotopic (exact) mass is 256 g/mol. The summed E-state index contributed by atoms with van der Waals surface area (Å²) in [6, 6.07) is 7.97. The second-order valence-electron chi connectivity index (χ2n) is 5.13. The number of alkyl halides is 1. The van der Waals surface area contributed by atoms with Gasteiger partial charge in [-0.15, -0.1) is 11.6 Å². The first-order chi connectivity index (χ1) is 7.62. The first kappa shape index (κ1) is 12.3. The standard InChI is InChI=1S/C14H18Cl2/c1-14(9-3-2-4-10-14)13(16)11-5-7-12(15)8-6-11/h5-8,13H,2-4,9-10H2,1H3. The van der Waals surface area contributed by atoms with E-state index in [1.54, 1.807) is 0 Å². The van der Waals surface area contributed by atoms with Gasteiger partial charge >= 0.3 is 0 Å². The summed E-state index contributed by atoms with van der Waals surface area (Å²) in [5.74, 6) is 0. The molecule has 0 radical (unpaired) electrons. The van der Waals surface area contributed by atoms with Crippen molar-refractivity contribution in [3.63, 3.8) is 0 Å². The molecule has 16 heavy (non-hydrogen) atoms. The predicted molar refractivity (Wildman–Crippen MR) is 71.2 cm³/mol. The Hall–Kier alpha value is -0.200. The van der Waals surface area contributed by atoms with Gasteiger partial charge in [0.2, 0.25) is 0 Å². The van der Waals surface area contributed by atoms with Gasteiger partial charge in [-0.25, -0.2) is 0 Å². The number of hydrogen-bond acceptors (Lipinski definition) is 0. The summed E-state index contributed by atoms with van der Waals surface area (Å²) in [6.45, 7) is 2.32. The SMILES string of the molecule is CC1(C(Cl)c2ccc(Cl)cc2)CCCCC1. The summed E-state index contributed by atoms with van der Waals surface area (Å²) in [4.78, 5) is 0. The molecule has 0 saturated heterocycles. The Bertz CT molecular complexity index is 336. The van der Waals surface area contributed by atoms with Crippen LogP contribution in [0.5, 0.6) is 0 Å². The molecule has 1 aromatic carbocycles. The first-order valence-electron chi connectivity index (χ1n) is 6.01. The molecule has 1 unspecified atom stereocenters.